The molecule has 0 aromatic rings. The average Bonchev–Trinajstić information content (AvgIpc) is 2.24. The lowest BCUT2D eigenvalue weighted by Gasteiger charge is -2.56. The molecule has 90 valence electrons. The van der Waals surface area contributed by atoms with Crippen molar-refractivity contribution in [2.45, 2.75) is 40.0 Å². The molecule has 0 aromatic carbocycles. The van der Waals surface area contributed by atoms with Gasteiger partial charge >= 0.3 is 0 Å². The average molecular weight is 222 g/mol. The Kier molecular flexibility index (Phi) is 3.20. The van der Waals surface area contributed by atoms with Gasteiger partial charge in [-0.1, -0.05) is 19.9 Å². The molecule has 0 aromatic heterocycles. The Balaban J connectivity index is 1.78. The standard InChI is InChI=1S/C14H22O2/c1-10(15)6-7-16-9-11-4-5-12-8-13(11)14(12,2)3/h4,12-13H,5-9H2,1-3H3/t12-,13-/m0/s1. The van der Waals surface area contributed by atoms with Crippen LogP contribution in [-0.4, -0.2) is 19.0 Å². The van der Waals surface area contributed by atoms with Crippen molar-refractivity contribution >= 4 is 5.78 Å². The van der Waals surface area contributed by atoms with E-state index in [-0.39, 0.29) is 5.78 Å². The minimum absolute atomic E-state index is 0.210. The lowest BCUT2D eigenvalue weighted by Crippen LogP contribution is -2.48. The maximum absolute atomic E-state index is 10.8. The summed E-state index contributed by atoms with van der Waals surface area (Å²) < 4.78 is 5.58. The van der Waals surface area contributed by atoms with Crippen LogP contribution in [-0.2, 0) is 9.53 Å². The van der Waals surface area contributed by atoms with Gasteiger partial charge in [0.15, 0.2) is 0 Å². The predicted octanol–water partition coefficient (Wildman–Crippen LogP) is 2.97. The summed E-state index contributed by atoms with van der Waals surface area (Å²) in [5.41, 5.74) is 1.95. The minimum Gasteiger partial charge on any atom is -0.377 e. The third kappa shape index (κ3) is 2.08. The molecule has 3 aliphatic rings. The molecule has 0 aliphatic heterocycles. The van der Waals surface area contributed by atoms with Crippen LogP contribution in [0.5, 0.6) is 0 Å². The molecule has 0 radical (unpaired) electrons. The fraction of sp³-hybridized carbons (Fsp3) is 0.786. The third-order valence-corrected chi connectivity index (χ3v) is 4.45. The lowest BCUT2D eigenvalue weighted by atomic mass is 9.49. The molecular formula is C14H22O2. The van der Waals surface area contributed by atoms with Gasteiger partial charge < -0.3 is 4.74 Å². The number of carbonyl (C=O) groups excluding carboxylic acids is 1. The molecule has 0 N–H and O–H groups in total. The summed E-state index contributed by atoms with van der Waals surface area (Å²) >= 11 is 0. The summed E-state index contributed by atoms with van der Waals surface area (Å²) in [7, 11) is 0. The highest BCUT2D eigenvalue weighted by Crippen LogP contribution is 2.59. The van der Waals surface area contributed by atoms with Crippen LogP contribution in [0.3, 0.4) is 0 Å². The number of hydrogen-bond donors (Lipinski definition) is 0. The highest BCUT2D eigenvalue weighted by molar-refractivity contribution is 5.75. The Labute approximate surface area is 98.1 Å². The van der Waals surface area contributed by atoms with Gasteiger partial charge in [-0.2, -0.15) is 0 Å². The van der Waals surface area contributed by atoms with Crippen molar-refractivity contribution in [2.75, 3.05) is 13.2 Å². The number of Topliss-reactive ketones (excluding diaryl/α,β-unsaturated/α-hetero) is 1. The van der Waals surface area contributed by atoms with Crippen LogP contribution in [0.1, 0.15) is 40.0 Å². The first-order chi connectivity index (χ1) is 7.51. The molecule has 0 amide bonds. The summed E-state index contributed by atoms with van der Waals surface area (Å²) in [5.74, 6) is 1.82. The second-order valence-electron chi connectivity index (χ2n) is 5.83. The highest BCUT2D eigenvalue weighted by atomic mass is 16.5. The first-order valence-corrected chi connectivity index (χ1v) is 6.28. The van der Waals surface area contributed by atoms with E-state index in [0.717, 1.165) is 18.4 Å². The summed E-state index contributed by atoms with van der Waals surface area (Å²) in [6.07, 6.45) is 5.46. The monoisotopic (exact) mass is 222 g/mol. The molecule has 0 saturated heterocycles. The summed E-state index contributed by atoms with van der Waals surface area (Å²) in [6.45, 7) is 7.66. The van der Waals surface area contributed by atoms with E-state index in [2.05, 4.69) is 19.9 Å². The van der Waals surface area contributed by atoms with E-state index in [9.17, 15) is 4.79 Å². The molecule has 3 aliphatic carbocycles. The van der Waals surface area contributed by atoms with Crippen LogP contribution in [0.2, 0.25) is 0 Å². The van der Waals surface area contributed by atoms with Crippen LogP contribution in [0, 0.1) is 17.3 Å². The number of rotatable bonds is 5. The molecular weight excluding hydrogens is 200 g/mol. The second kappa shape index (κ2) is 4.33. The van der Waals surface area contributed by atoms with E-state index in [0.29, 0.717) is 18.4 Å². The van der Waals surface area contributed by atoms with Gasteiger partial charge in [0.2, 0.25) is 0 Å². The van der Waals surface area contributed by atoms with E-state index in [1.165, 1.54) is 18.4 Å². The number of fused-ring (bicyclic) bond motifs is 1. The molecule has 16 heavy (non-hydrogen) atoms. The van der Waals surface area contributed by atoms with Crippen molar-refractivity contribution in [2.24, 2.45) is 17.3 Å². The fourth-order valence-corrected chi connectivity index (χ4v) is 3.05. The highest BCUT2D eigenvalue weighted by Gasteiger charge is 2.50. The second-order valence-corrected chi connectivity index (χ2v) is 5.83. The third-order valence-electron chi connectivity index (χ3n) is 4.45. The Morgan fingerprint density at radius 1 is 1.56 bits per heavy atom. The summed E-state index contributed by atoms with van der Waals surface area (Å²) in [4.78, 5) is 10.8. The molecule has 1 saturated carbocycles. The minimum atomic E-state index is 0.210. The zero-order chi connectivity index (χ0) is 11.8. The van der Waals surface area contributed by atoms with Gasteiger partial charge in [0.05, 0.1) is 13.2 Å². The molecule has 0 heterocycles. The summed E-state index contributed by atoms with van der Waals surface area (Å²) in [5, 5.41) is 0. The van der Waals surface area contributed by atoms with Crippen molar-refractivity contribution in [3.05, 3.63) is 11.6 Å². The Hall–Kier alpha value is -0.630. The van der Waals surface area contributed by atoms with Crippen LogP contribution in [0.15, 0.2) is 11.6 Å². The zero-order valence-electron chi connectivity index (χ0n) is 10.6. The maximum Gasteiger partial charge on any atom is 0.132 e. The van der Waals surface area contributed by atoms with E-state index >= 15 is 0 Å². The molecule has 3 rings (SSSR count). The maximum atomic E-state index is 10.8. The first-order valence-electron chi connectivity index (χ1n) is 6.28. The van der Waals surface area contributed by atoms with Gasteiger partial charge in [-0.25, -0.2) is 0 Å². The largest absolute Gasteiger partial charge is 0.377 e. The van der Waals surface area contributed by atoms with E-state index in [1.807, 2.05) is 0 Å². The van der Waals surface area contributed by atoms with Gasteiger partial charge in [-0.3, -0.25) is 4.79 Å². The topological polar surface area (TPSA) is 26.3 Å². The van der Waals surface area contributed by atoms with Crippen LogP contribution in [0.25, 0.3) is 0 Å². The van der Waals surface area contributed by atoms with Crippen LogP contribution >= 0.6 is 0 Å². The number of ketones is 1. The van der Waals surface area contributed by atoms with Gasteiger partial charge in [0.25, 0.3) is 0 Å². The number of hydrogen-bond acceptors (Lipinski definition) is 2. The molecule has 2 heteroatoms. The SMILES string of the molecule is CC(=O)CCOCC1=CC[C@H]2C[C@@H]1C2(C)C. The van der Waals surface area contributed by atoms with E-state index < -0.39 is 0 Å². The quantitative estimate of drug-likeness (QED) is 0.528. The number of ether oxygens (including phenoxy) is 1. The van der Waals surface area contributed by atoms with Crippen molar-refractivity contribution in [3.63, 3.8) is 0 Å². The van der Waals surface area contributed by atoms with Crippen LogP contribution < -0.4 is 0 Å². The van der Waals surface area contributed by atoms with Crippen LogP contribution in [0.4, 0.5) is 0 Å². The first kappa shape index (κ1) is 11.8. The molecule has 2 nitrogen and oxygen atoms in total. The smallest absolute Gasteiger partial charge is 0.132 e. The number of carbonyl (C=O) groups is 1. The Bertz CT molecular complexity index is 315. The van der Waals surface area contributed by atoms with Gasteiger partial charge in [0.1, 0.15) is 5.78 Å². The predicted molar refractivity (Wildman–Crippen MR) is 64.2 cm³/mol. The van der Waals surface area contributed by atoms with Crippen molar-refractivity contribution in [1.82, 2.24) is 0 Å². The van der Waals surface area contributed by atoms with E-state index in [1.54, 1.807) is 6.92 Å². The fourth-order valence-electron chi connectivity index (χ4n) is 3.05. The van der Waals surface area contributed by atoms with Gasteiger partial charge in [0, 0.05) is 6.42 Å². The molecule has 1 fully saturated rings. The molecule has 0 unspecified atom stereocenters. The normalized spacial score (nSPS) is 30.6. The summed E-state index contributed by atoms with van der Waals surface area (Å²) in [6, 6.07) is 0. The Morgan fingerprint density at radius 2 is 2.31 bits per heavy atom. The van der Waals surface area contributed by atoms with Crippen molar-refractivity contribution in [1.29, 1.82) is 0 Å². The Morgan fingerprint density at radius 3 is 2.88 bits per heavy atom. The van der Waals surface area contributed by atoms with Gasteiger partial charge in [-0.15, -0.1) is 0 Å². The van der Waals surface area contributed by atoms with Crippen molar-refractivity contribution in [3.8, 4) is 0 Å². The molecule has 2 bridgehead atoms. The zero-order valence-corrected chi connectivity index (χ0v) is 10.6. The van der Waals surface area contributed by atoms with Gasteiger partial charge in [-0.05, 0) is 42.6 Å². The lowest BCUT2D eigenvalue weighted by molar-refractivity contribution is -0.118. The van der Waals surface area contributed by atoms with Crippen molar-refractivity contribution < 1.29 is 9.53 Å². The molecule has 2 atom stereocenters. The van der Waals surface area contributed by atoms with E-state index in [4.69, 9.17) is 4.74 Å². The number of allylic oxidation sites excluding steroid dienone is 1. The molecule has 0 spiro atoms.